The first-order chi connectivity index (χ1) is 12.2. The summed E-state index contributed by atoms with van der Waals surface area (Å²) in [5, 5.41) is 6.49. The number of amides is 1. The van der Waals surface area contributed by atoms with Crippen molar-refractivity contribution in [3.8, 4) is 0 Å². The van der Waals surface area contributed by atoms with Crippen LogP contribution >= 0.6 is 0 Å². The van der Waals surface area contributed by atoms with Crippen molar-refractivity contribution < 1.29 is 9.18 Å². The van der Waals surface area contributed by atoms with E-state index in [1.807, 2.05) is 11.0 Å². The summed E-state index contributed by atoms with van der Waals surface area (Å²) in [5.41, 5.74) is 0.698. The van der Waals surface area contributed by atoms with Crippen LogP contribution in [0.3, 0.4) is 0 Å². The number of hydrogen-bond acceptors (Lipinski definition) is 2. The zero-order chi connectivity index (χ0) is 18.1. The molecular formula is C19H29FN4O. The van der Waals surface area contributed by atoms with Crippen LogP contribution in [-0.4, -0.2) is 49.5 Å². The molecule has 0 spiro atoms. The molecular weight excluding hydrogens is 319 g/mol. The molecule has 2 rings (SSSR count). The van der Waals surface area contributed by atoms with Crippen LogP contribution in [0.15, 0.2) is 29.3 Å². The van der Waals surface area contributed by atoms with Crippen LogP contribution in [0, 0.1) is 5.82 Å². The van der Waals surface area contributed by atoms with Gasteiger partial charge in [-0.15, -0.1) is 0 Å². The first kappa shape index (κ1) is 19.2. The van der Waals surface area contributed by atoms with Gasteiger partial charge in [0.15, 0.2) is 5.96 Å². The average Bonchev–Trinajstić information content (AvgIpc) is 3.04. The third kappa shape index (κ3) is 5.73. The van der Waals surface area contributed by atoms with E-state index in [0.717, 1.165) is 32.4 Å². The largest absolute Gasteiger partial charge is 0.356 e. The Hall–Kier alpha value is -2.11. The highest BCUT2D eigenvalue weighted by Crippen LogP contribution is 2.17. The number of guanidine groups is 1. The van der Waals surface area contributed by atoms with Gasteiger partial charge in [-0.3, -0.25) is 9.79 Å². The topological polar surface area (TPSA) is 56.7 Å². The molecule has 2 N–H and O–H groups in total. The van der Waals surface area contributed by atoms with Crippen LogP contribution < -0.4 is 10.6 Å². The van der Waals surface area contributed by atoms with Crippen molar-refractivity contribution in [3.05, 3.63) is 35.6 Å². The molecule has 0 radical (unpaired) electrons. The van der Waals surface area contributed by atoms with E-state index in [1.165, 1.54) is 6.07 Å². The van der Waals surface area contributed by atoms with Crippen molar-refractivity contribution in [1.82, 2.24) is 15.5 Å². The van der Waals surface area contributed by atoms with Gasteiger partial charge in [0, 0.05) is 39.1 Å². The van der Waals surface area contributed by atoms with E-state index in [0.29, 0.717) is 37.0 Å². The van der Waals surface area contributed by atoms with E-state index in [-0.39, 0.29) is 11.7 Å². The molecule has 6 heteroatoms. The zero-order valence-corrected chi connectivity index (χ0v) is 15.2. The number of rotatable bonds is 8. The summed E-state index contributed by atoms with van der Waals surface area (Å²) in [4.78, 5) is 18.1. The van der Waals surface area contributed by atoms with Crippen molar-refractivity contribution >= 4 is 11.9 Å². The minimum atomic E-state index is -0.173. The van der Waals surface area contributed by atoms with E-state index >= 15 is 0 Å². The van der Waals surface area contributed by atoms with Crippen LogP contribution in [-0.2, 0) is 11.2 Å². The number of halogens is 1. The van der Waals surface area contributed by atoms with Crippen molar-refractivity contribution in [3.63, 3.8) is 0 Å². The molecule has 1 heterocycles. The lowest BCUT2D eigenvalue weighted by Gasteiger charge is -2.27. The van der Waals surface area contributed by atoms with Gasteiger partial charge in [0.2, 0.25) is 5.91 Å². The highest BCUT2D eigenvalue weighted by molar-refractivity contribution is 5.79. The third-order valence-electron chi connectivity index (χ3n) is 4.66. The number of nitrogens with one attached hydrogen (secondary N) is 2. The number of hydrogen-bond donors (Lipinski definition) is 2. The molecule has 1 aromatic rings. The lowest BCUT2D eigenvalue weighted by molar-refractivity contribution is -0.129. The lowest BCUT2D eigenvalue weighted by atomic mass is 10.1. The molecule has 0 aromatic heterocycles. The van der Waals surface area contributed by atoms with Crippen LogP contribution in [0.25, 0.3) is 0 Å². The molecule has 0 saturated carbocycles. The molecule has 5 nitrogen and oxygen atoms in total. The Morgan fingerprint density at radius 3 is 2.72 bits per heavy atom. The van der Waals surface area contributed by atoms with E-state index in [4.69, 9.17) is 0 Å². The summed E-state index contributed by atoms with van der Waals surface area (Å²) in [6, 6.07) is 7.11. The molecule has 1 aliphatic rings. The molecule has 0 aliphatic carbocycles. The standard InChI is InChI=1S/C19H29FN4O/c1-3-16(24-14-6-9-18(24)25)11-13-23-19(21-2)22-12-10-15-7-4-5-8-17(15)20/h4-5,7-8,16H,3,6,9-14H2,1-2H3,(H2,21,22,23). The van der Waals surface area contributed by atoms with Gasteiger partial charge >= 0.3 is 0 Å². The zero-order valence-electron chi connectivity index (χ0n) is 15.2. The summed E-state index contributed by atoms with van der Waals surface area (Å²) < 4.78 is 13.6. The second-order valence-corrected chi connectivity index (χ2v) is 6.31. The highest BCUT2D eigenvalue weighted by atomic mass is 19.1. The first-order valence-electron chi connectivity index (χ1n) is 9.13. The van der Waals surface area contributed by atoms with E-state index in [9.17, 15) is 9.18 Å². The van der Waals surface area contributed by atoms with Crippen molar-refractivity contribution in [2.75, 3.05) is 26.7 Å². The van der Waals surface area contributed by atoms with Crippen molar-refractivity contribution in [1.29, 1.82) is 0 Å². The third-order valence-corrected chi connectivity index (χ3v) is 4.66. The number of likely N-dealkylation sites (tertiary alicyclic amines) is 1. The van der Waals surface area contributed by atoms with Gasteiger partial charge in [0.25, 0.3) is 0 Å². The molecule has 1 fully saturated rings. The minimum absolute atomic E-state index is 0.173. The van der Waals surface area contributed by atoms with Crippen LogP contribution in [0.2, 0.25) is 0 Å². The van der Waals surface area contributed by atoms with Gasteiger partial charge in [-0.25, -0.2) is 4.39 Å². The molecule has 1 atom stereocenters. The summed E-state index contributed by atoms with van der Waals surface area (Å²) in [6.07, 6.45) is 4.13. The second-order valence-electron chi connectivity index (χ2n) is 6.31. The number of aliphatic imine (C=N–C) groups is 1. The van der Waals surface area contributed by atoms with Crippen LogP contribution in [0.5, 0.6) is 0 Å². The van der Waals surface area contributed by atoms with Crippen molar-refractivity contribution in [2.45, 2.75) is 45.1 Å². The summed E-state index contributed by atoms with van der Waals surface area (Å²) >= 11 is 0. The maximum Gasteiger partial charge on any atom is 0.222 e. The van der Waals surface area contributed by atoms with Crippen molar-refractivity contribution in [2.24, 2.45) is 4.99 Å². The van der Waals surface area contributed by atoms with Gasteiger partial charge in [-0.05, 0) is 37.3 Å². The molecule has 138 valence electrons. The van der Waals surface area contributed by atoms with E-state index < -0.39 is 0 Å². The Kier molecular flexibility index (Phi) is 7.70. The molecule has 1 unspecified atom stereocenters. The fraction of sp³-hybridized carbons (Fsp3) is 0.579. The SMILES string of the molecule is CCC(CCNC(=NC)NCCc1ccccc1F)N1CCCC1=O. The first-order valence-corrected chi connectivity index (χ1v) is 9.13. The molecule has 1 aromatic carbocycles. The fourth-order valence-electron chi connectivity index (χ4n) is 3.23. The molecule has 0 bridgehead atoms. The molecule has 1 aliphatic heterocycles. The monoisotopic (exact) mass is 348 g/mol. The van der Waals surface area contributed by atoms with E-state index in [2.05, 4.69) is 22.5 Å². The maximum absolute atomic E-state index is 13.6. The van der Waals surface area contributed by atoms with Gasteiger partial charge in [0.1, 0.15) is 5.82 Å². The van der Waals surface area contributed by atoms with Gasteiger partial charge in [-0.2, -0.15) is 0 Å². The number of carbonyl (C=O) groups is 1. The summed E-state index contributed by atoms with van der Waals surface area (Å²) in [5.74, 6) is 0.812. The Balaban J connectivity index is 1.71. The fourth-order valence-corrected chi connectivity index (χ4v) is 3.23. The van der Waals surface area contributed by atoms with Gasteiger partial charge in [-0.1, -0.05) is 25.1 Å². The number of benzene rings is 1. The van der Waals surface area contributed by atoms with Gasteiger partial charge < -0.3 is 15.5 Å². The molecule has 1 saturated heterocycles. The predicted molar refractivity (Wildman–Crippen MR) is 99.1 cm³/mol. The van der Waals surface area contributed by atoms with E-state index in [1.54, 1.807) is 19.2 Å². The quantitative estimate of drug-likeness (QED) is 0.560. The minimum Gasteiger partial charge on any atom is -0.356 e. The molecule has 25 heavy (non-hydrogen) atoms. The van der Waals surface area contributed by atoms with Crippen LogP contribution in [0.4, 0.5) is 4.39 Å². The molecule has 1 amide bonds. The Labute approximate surface area is 149 Å². The second kappa shape index (κ2) is 10.0. The smallest absolute Gasteiger partial charge is 0.222 e. The average molecular weight is 348 g/mol. The lowest BCUT2D eigenvalue weighted by Crippen LogP contribution is -2.42. The Bertz CT molecular complexity index is 591. The summed E-state index contributed by atoms with van der Waals surface area (Å²) in [6.45, 7) is 4.37. The number of carbonyl (C=O) groups excluding carboxylic acids is 1. The Morgan fingerprint density at radius 2 is 2.08 bits per heavy atom. The maximum atomic E-state index is 13.6. The Morgan fingerprint density at radius 1 is 1.32 bits per heavy atom. The van der Waals surface area contributed by atoms with Crippen LogP contribution in [0.1, 0.15) is 38.2 Å². The van der Waals surface area contributed by atoms with Gasteiger partial charge in [0.05, 0.1) is 0 Å². The summed E-state index contributed by atoms with van der Waals surface area (Å²) in [7, 11) is 1.72. The highest BCUT2D eigenvalue weighted by Gasteiger charge is 2.26. The normalized spacial score (nSPS) is 16.2. The predicted octanol–water partition coefficient (Wildman–Crippen LogP) is 2.32. The number of nitrogens with zero attached hydrogens (tertiary/aromatic N) is 2.